The van der Waals surface area contributed by atoms with Gasteiger partial charge in [-0.05, 0) is 61.6 Å². The third-order valence-electron chi connectivity index (χ3n) is 7.43. The number of phenolic OH excluding ortho intramolecular Hbond substituents is 1. The molecule has 0 aliphatic rings. The SMILES string of the molecule is C/C=C\C(=C/C)c1ccc(-c2nc(-c3ccc(-c4ccccc4)cc3)nc(-c3ccc(OC(CC)C(=O)OCC)cc3O)n2)cc1. The Bertz CT molecular complexity index is 1850. The van der Waals surface area contributed by atoms with Gasteiger partial charge < -0.3 is 14.6 Å². The summed E-state index contributed by atoms with van der Waals surface area (Å²) in [6, 6.07) is 31.1. The molecule has 0 spiro atoms. The molecule has 0 aliphatic heterocycles. The summed E-state index contributed by atoms with van der Waals surface area (Å²) in [5, 5.41) is 11.1. The predicted molar refractivity (Wildman–Crippen MR) is 183 cm³/mol. The summed E-state index contributed by atoms with van der Waals surface area (Å²) in [6.07, 6.45) is 5.79. The number of benzene rings is 4. The minimum Gasteiger partial charge on any atom is -0.507 e. The number of phenols is 1. The second-order valence-electron chi connectivity index (χ2n) is 10.5. The van der Waals surface area contributed by atoms with Crippen molar-refractivity contribution in [3.05, 3.63) is 121 Å². The van der Waals surface area contributed by atoms with E-state index < -0.39 is 12.1 Å². The topological polar surface area (TPSA) is 94.4 Å². The molecule has 7 nitrogen and oxygen atoms in total. The Morgan fingerprint density at radius 2 is 1.35 bits per heavy atom. The summed E-state index contributed by atoms with van der Waals surface area (Å²) < 4.78 is 11.0. The standard InChI is InChI=1S/C39H37N3O4/c1-5-12-26(6-2)28-15-19-30(20-16-28)36-40-37(31-21-17-29(18-22-31)27-13-10-9-11-14-27)42-38(41-36)33-24-23-32(25-34(33)43)46-35(7-3)39(44)45-8-4/h5-6,9-25,35,43H,7-8H2,1-4H3/b12-5-,26-6+. The van der Waals surface area contributed by atoms with Crippen molar-refractivity contribution >= 4 is 11.5 Å². The van der Waals surface area contributed by atoms with E-state index in [4.69, 9.17) is 24.4 Å². The first-order chi connectivity index (χ1) is 22.4. The Balaban J connectivity index is 1.55. The highest BCUT2D eigenvalue weighted by Crippen LogP contribution is 2.34. The van der Waals surface area contributed by atoms with E-state index in [2.05, 4.69) is 24.3 Å². The molecule has 0 saturated heterocycles. The van der Waals surface area contributed by atoms with Crippen LogP contribution < -0.4 is 4.74 Å². The van der Waals surface area contributed by atoms with Crippen molar-refractivity contribution < 1.29 is 19.4 Å². The fourth-order valence-corrected chi connectivity index (χ4v) is 5.02. The summed E-state index contributed by atoms with van der Waals surface area (Å²) in [5.41, 5.74) is 6.42. The molecule has 0 saturated carbocycles. The number of aromatic hydroxyl groups is 1. The van der Waals surface area contributed by atoms with E-state index in [1.165, 1.54) is 6.07 Å². The monoisotopic (exact) mass is 611 g/mol. The number of ether oxygens (including phenoxy) is 2. The van der Waals surface area contributed by atoms with Gasteiger partial charge in [-0.25, -0.2) is 19.7 Å². The van der Waals surface area contributed by atoms with Gasteiger partial charge in [0, 0.05) is 17.2 Å². The van der Waals surface area contributed by atoms with Gasteiger partial charge in [-0.1, -0.05) is 104 Å². The third kappa shape index (κ3) is 7.38. The van der Waals surface area contributed by atoms with Crippen molar-refractivity contribution in [2.45, 2.75) is 40.2 Å². The highest BCUT2D eigenvalue weighted by Gasteiger charge is 2.21. The molecule has 4 aromatic carbocycles. The van der Waals surface area contributed by atoms with Gasteiger partial charge in [-0.3, -0.25) is 0 Å². The summed E-state index contributed by atoms with van der Waals surface area (Å²) in [4.78, 5) is 26.7. The van der Waals surface area contributed by atoms with Crippen LogP contribution in [0, 0.1) is 0 Å². The summed E-state index contributed by atoms with van der Waals surface area (Å²) in [5.74, 6) is 1.05. The van der Waals surface area contributed by atoms with Gasteiger partial charge in [0.1, 0.15) is 11.5 Å². The number of hydrogen-bond acceptors (Lipinski definition) is 7. The molecule has 1 aromatic heterocycles. The number of esters is 1. The van der Waals surface area contributed by atoms with Gasteiger partial charge in [0.05, 0.1) is 12.2 Å². The second kappa shape index (κ2) is 14.9. The summed E-state index contributed by atoms with van der Waals surface area (Å²) in [7, 11) is 0. The Hall–Kier alpha value is -5.56. The number of nitrogens with zero attached hydrogens (tertiary/aromatic N) is 3. The van der Waals surface area contributed by atoms with E-state index in [0.29, 0.717) is 35.2 Å². The van der Waals surface area contributed by atoms with Crippen molar-refractivity contribution in [3.63, 3.8) is 0 Å². The van der Waals surface area contributed by atoms with Crippen LogP contribution in [0.15, 0.2) is 115 Å². The van der Waals surface area contributed by atoms with Gasteiger partial charge >= 0.3 is 5.97 Å². The summed E-state index contributed by atoms with van der Waals surface area (Å²) in [6.45, 7) is 7.85. The lowest BCUT2D eigenvalue weighted by atomic mass is 10.0. The Labute approximate surface area is 270 Å². The number of allylic oxidation sites excluding steroid dienone is 4. The maximum absolute atomic E-state index is 12.3. The number of aromatic nitrogens is 3. The van der Waals surface area contributed by atoms with Crippen LogP contribution in [0.3, 0.4) is 0 Å². The molecule has 0 bridgehead atoms. The molecule has 0 aliphatic carbocycles. The second-order valence-corrected chi connectivity index (χ2v) is 10.5. The molecule has 1 unspecified atom stereocenters. The highest BCUT2D eigenvalue weighted by molar-refractivity contribution is 5.77. The van der Waals surface area contributed by atoms with Crippen LogP contribution >= 0.6 is 0 Å². The molecule has 232 valence electrons. The molecule has 7 heteroatoms. The zero-order valence-electron chi connectivity index (χ0n) is 26.5. The van der Waals surface area contributed by atoms with Crippen LogP contribution in [-0.2, 0) is 9.53 Å². The molecular weight excluding hydrogens is 574 g/mol. The van der Waals surface area contributed by atoms with Crippen molar-refractivity contribution in [2.75, 3.05) is 6.61 Å². The number of carbonyl (C=O) groups is 1. The van der Waals surface area contributed by atoms with E-state index >= 15 is 0 Å². The molecule has 0 fully saturated rings. The van der Waals surface area contributed by atoms with Gasteiger partial charge in [0.2, 0.25) is 0 Å². The number of carbonyl (C=O) groups excluding carboxylic acids is 1. The first-order valence-corrected chi connectivity index (χ1v) is 15.4. The van der Waals surface area contributed by atoms with Crippen LogP contribution in [-0.4, -0.2) is 38.7 Å². The molecule has 1 atom stereocenters. The van der Waals surface area contributed by atoms with E-state index in [-0.39, 0.29) is 12.4 Å². The molecule has 46 heavy (non-hydrogen) atoms. The average molecular weight is 612 g/mol. The van der Waals surface area contributed by atoms with Crippen LogP contribution in [0.4, 0.5) is 0 Å². The van der Waals surface area contributed by atoms with E-state index in [0.717, 1.165) is 33.4 Å². The lowest BCUT2D eigenvalue weighted by molar-refractivity contribution is -0.151. The molecule has 0 radical (unpaired) electrons. The fraction of sp³-hybridized carbons (Fsp3) is 0.179. The van der Waals surface area contributed by atoms with Crippen LogP contribution in [0.25, 0.3) is 50.9 Å². The molecule has 1 N–H and O–H groups in total. The fourth-order valence-electron chi connectivity index (χ4n) is 5.02. The van der Waals surface area contributed by atoms with Crippen LogP contribution in [0.2, 0.25) is 0 Å². The van der Waals surface area contributed by atoms with Crippen molar-refractivity contribution in [3.8, 4) is 56.8 Å². The minimum absolute atomic E-state index is 0.0850. The first kappa shape index (κ1) is 31.9. The van der Waals surface area contributed by atoms with E-state index in [1.54, 1.807) is 19.1 Å². The molecule has 1 heterocycles. The lowest BCUT2D eigenvalue weighted by Crippen LogP contribution is -2.28. The molecule has 5 rings (SSSR count). The zero-order chi connectivity index (χ0) is 32.5. The normalized spacial score (nSPS) is 12.2. The summed E-state index contributed by atoms with van der Waals surface area (Å²) >= 11 is 0. The Morgan fingerprint density at radius 1 is 0.761 bits per heavy atom. The quantitative estimate of drug-likeness (QED) is 0.118. The largest absolute Gasteiger partial charge is 0.507 e. The van der Waals surface area contributed by atoms with Gasteiger partial charge in [0.25, 0.3) is 0 Å². The highest BCUT2D eigenvalue weighted by atomic mass is 16.6. The smallest absolute Gasteiger partial charge is 0.347 e. The number of hydrogen-bond donors (Lipinski definition) is 1. The third-order valence-corrected chi connectivity index (χ3v) is 7.43. The first-order valence-electron chi connectivity index (χ1n) is 15.4. The average Bonchev–Trinajstić information content (AvgIpc) is 3.10. The number of rotatable bonds is 11. The molecule has 5 aromatic rings. The van der Waals surface area contributed by atoms with Crippen LogP contribution in [0.5, 0.6) is 11.5 Å². The maximum atomic E-state index is 12.3. The minimum atomic E-state index is -0.779. The molecular formula is C39H37N3O4. The Kier molecular flexibility index (Phi) is 10.4. The van der Waals surface area contributed by atoms with E-state index in [9.17, 15) is 9.90 Å². The maximum Gasteiger partial charge on any atom is 0.347 e. The van der Waals surface area contributed by atoms with Crippen molar-refractivity contribution in [1.82, 2.24) is 15.0 Å². The molecule has 0 amide bonds. The predicted octanol–water partition coefficient (Wildman–Crippen LogP) is 8.95. The van der Waals surface area contributed by atoms with Gasteiger partial charge in [-0.15, -0.1) is 0 Å². The van der Waals surface area contributed by atoms with Crippen molar-refractivity contribution in [2.24, 2.45) is 0 Å². The Morgan fingerprint density at radius 3 is 1.91 bits per heavy atom. The van der Waals surface area contributed by atoms with Crippen LogP contribution in [0.1, 0.15) is 39.7 Å². The van der Waals surface area contributed by atoms with Crippen molar-refractivity contribution in [1.29, 1.82) is 0 Å². The van der Waals surface area contributed by atoms with Gasteiger partial charge in [-0.2, -0.15) is 0 Å². The van der Waals surface area contributed by atoms with Gasteiger partial charge in [0.15, 0.2) is 23.6 Å². The lowest BCUT2D eigenvalue weighted by Gasteiger charge is -2.16. The van der Waals surface area contributed by atoms with E-state index in [1.807, 2.05) is 93.6 Å². The zero-order valence-corrected chi connectivity index (χ0v) is 26.5.